The molecule has 1 aromatic heterocycles. The second-order valence-electron chi connectivity index (χ2n) is 5.07. The average Bonchev–Trinajstić information content (AvgIpc) is 2.96. The molecule has 21 heavy (non-hydrogen) atoms. The van der Waals surface area contributed by atoms with Crippen molar-refractivity contribution in [2.45, 2.75) is 19.9 Å². The zero-order valence-corrected chi connectivity index (χ0v) is 13.6. The highest BCUT2D eigenvalue weighted by molar-refractivity contribution is 7.14. The van der Waals surface area contributed by atoms with Crippen molar-refractivity contribution >= 4 is 17.1 Å². The highest BCUT2D eigenvalue weighted by Gasteiger charge is 2.12. The Balaban J connectivity index is 1.94. The minimum atomic E-state index is 0.185. The van der Waals surface area contributed by atoms with E-state index in [1.165, 1.54) is 4.88 Å². The number of rotatable bonds is 7. The first kappa shape index (κ1) is 15.7. The van der Waals surface area contributed by atoms with E-state index in [1.807, 2.05) is 48.3 Å². The first-order chi connectivity index (χ1) is 10.1. The van der Waals surface area contributed by atoms with Gasteiger partial charge in [-0.05, 0) is 43.3 Å². The molecule has 0 aliphatic heterocycles. The molecule has 0 saturated heterocycles. The van der Waals surface area contributed by atoms with E-state index >= 15 is 0 Å². The molecule has 2 rings (SSSR count). The van der Waals surface area contributed by atoms with Gasteiger partial charge in [0.1, 0.15) is 5.75 Å². The zero-order valence-electron chi connectivity index (χ0n) is 12.8. The van der Waals surface area contributed by atoms with Crippen LogP contribution < -0.4 is 4.74 Å². The third-order valence-corrected chi connectivity index (χ3v) is 4.56. The third-order valence-electron chi connectivity index (χ3n) is 3.29. The van der Waals surface area contributed by atoms with Gasteiger partial charge in [-0.15, -0.1) is 11.3 Å². The van der Waals surface area contributed by atoms with Crippen molar-refractivity contribution in [2.75, 3.05) is 20.7 Å². The number of aryl methyl sites for hydroxylation is 1. The molecule has 0 atom stereocenters. The van der Waals surface area contributed by atoms with Crippen molar-refractivity contribution < 1.29 is 9.53 Å². The summed E-state index contributed by atoms with van der Waals surface area (Å²) in [5.74, 6) is 1.03. The summed E-state index contributed by atoms with van der Waals surface area (Å²) in [5, 5.41) is 0. The molecule has 3 nitrogen and oxygen atoms in total. The number of carbonyl (C=O) groups excluding carboxylic acids is 1. The number of methoxy groups -OCH3 is 1. The summed E-state index contributed by atoms with van der Waals surface area (Å²) in [6.07, 6.45) is 0.984. The smallest absolute Gasteiger partial charge is 0.186 e. The highest BCUT2D eigenvalue weighted by Crippen LogP contribution is 2.18. The second-order valence-corrected chi connectivity index (χ2v) is 6.23. The van der Waals surface area contributed by atoms with Gasteiger partial charge in [0.05, 0.1) is 18.5 Å². The lowest BCUT2D eigenvalue weighted by Gasteiger charge is -2.15. The first-order valence-electron chi connectivity index (χ1n) is 7.05. The zero-order chi connectivity index (χ0) is 15.2. The standard InChI is InChI=1S/C17H21NO2S/c1-4-15-8-9-17(21-15)16(19)12-18(2)11-13-6-5-7-14(10-13)20-3/h5-10H,4,11-12H2,1-3H3. The number of carbonyl (C=O) groups is 1. The highest BCUT2D eigenvalue weighted by atomic mass is 32.1. The molecular formula is C17H21NO2S. The van der Waals surface area contributed by atoms with Crippen LogP contribution in [0.1, 0.15) is 27.0 Å². The molecule has 1 aromatic carbocycles. The van der Waals surface area contributed by atoms with E-state index in [9.17, 15) is 4.79 Å². The van der Waals surface area contributed by atoms with Gasteiger partial charge in [-0.1, -0.05) is 19.1 Å². The van der Waals surface area contributed by atoms with Crippen LogP contribution in [0.25, 0.3) is 0 Å². The Labute approximate surface area is 130 Å². The predicted molar refractivity (Wildman–Crippen MR) is 87.4 cm³/mol. The minimum absolute atomic E-state index is 0.185. The molecular weight excluding hydrogens is 282 g/mol. The Hall–Kier alpha value is -1.65. The van der Waals surface area contributed by atoms with Crippen molar-refractivity contribution in [3.05, 3.63) is 51.7 Å². The molecule has 0 radical (unpaired) electrons. The number of ketones is 1. The molecule has 0 aliphatic rings. The number of Topliss-reactive ketones (excluding diaryl/α,β-unsaturated/α-hetero) is 1. The van der Waals surface area contributed by atoms with Crippen LogP contribution in [0.3, 0.4) is 0 Å². The molecule has 112 valence electrons. The quantitative estimate of drug-likeness (QED) is 0.732. The van der Waals surface area contributed by atoms with E-state index in [-0.39, 0.29) is 5.78 Å². The van der Waals surface area contributed by atoms with Crippen LogP contribution in [-0.4, -0.2) is 31.4 Å². The number of benzene rings is 1. The van der Waals surface area contributed by atoms with Gasteiger partial charge in [-0.2, -0.15) is 0 Å². The predicted octanol–water partition coefficient (Wildman–Crippen LogP) is 3.63. The lowest BCUT2D eigenvalue weighted by molar-refractivity contribution is 0.0947. The number of nitrogens with zero attached hydrogens (tertiary/aromatic N) is 1. The molecule has 0 bridgehead atoms. The Morgan fingerprint density at radius 1 is 1.29 bits per heavy atom. The maximum atomic E-state index is 12.2. The van der Waals surface area contributed by atoms with Gasteiger partial charge in [0.2, 0.25) is 0 Å². The topological polar surface area (TPSA) is 29.5 Å². The molecule has 2 aromatic rings. The summed E-state index contributed by atoms with van der Waals surface area (Å²) in [4.78, 5) is 16.4. The number of thiophene rings is 1. The molecule has 4 heteroatoms. The molecule has 0 spiro atoms. The van der Waals surface area contributed by atoms with E-state index in [1.54, 1.807) is 18.4 Å². The maximum Gasteiger partial charge on any atom is 0.186 e. The molecule has 0 aliphatic carbocycles. The van der Waals surface area contributed by atoms with E-state index < -0.39 is 0 Å². The van der Waals surface area contributed by atoms with Crippen molar-refractivity contribution in [2.24, 2.45) is 0 Å². The van der Waals surface area contributed by atoms with Crippen molar-refractivity contribution in [1.29, 1.82) is 0 Å². The molecule has 1 heterocycles. The van der Waals surface area contributed by atoms with Gasteiger partial charge < -0.3 is 4.74 Å². The summed E-state index contributed by atoms with van der Waals surface area (Å²) in [6.45, 7) is 3.27. The van der Waals surface area contributed by atoms with Crippen LogP contribution in [0.2, 0.25) is 0 Å². The van der Waals surface area contributed by atoms with Gasteiger partial charge in [-0.3, -0.25) is 9.69 Å². The fourth-order valence-electron chi connectivity index (χ4n) is 2.18. The minimum Gasteiger partial charge on any atom is -0.497 e. The summed E-state index contributed by atoms with van der Waals surface area (Å²) < 4.78 is 5.22. The Kier molecular flexibility index (Phi) is 5.53. The van der Waals surface area contributed by atoms with Crippen LogP contribution in [0.15, 0.2) is 36.4 Å². The van der Waals surface area contributed by atoms with Crippen molar-refractivity contribution in [3.8, 4) is 5.75 Å². The van der Waals surface area contributed by atoms with Gasteiger partial charge in [0.25, 0.3) is 0 Å². The third kappa shape index (κ3) is 4.41. The Morgan fingerprint density at radius 3 is 2.76 bits per heavy atom. The van der Waals surface area contributed by atoms with Gasteiger partial charge in [-0.25, -0.2) is 0 Å². The van der Waals surface area contributed by atoms with Crippen LogP contribution in [0.5, 0.6) is 5.75 Å². The largest absolute Gasteiger partial charge is 0.497 e. The lowest BCUT2D eigenvalue weighted by atomic mass is 10.2. The number of ether oxygens (including phenoxy) is 1. The maximum absolute atomic E-state index is 12.2. The van der Waals surface area contributed by atoms with Crippen molar-refractivity contribution in [1.82, 2.24) is 4.90 Å². The van der Waals surface area contributed by atoms with E-state index in [0.29, 0.717) is 6.54 Å². The number of hydrogen-bond donors (Lipinski definition) is 0. The fraction of sp³-hybridized carbons (Fsp3) is 0.353. The Morgan fingerprint density at radius 2 is 2.10 bits per heavy atom. The van der Waals surface area contributed by atoms with Crippen LogP contribution in [0, 0.1) is 0 Å². The van der Waals surface area contributed by atoms with Gasteiger partial charge >= 0.3 is 0 Å². The monoisotopic (exact) mass is 303 g/mol. The molecule has 0 unspecified atom stereocenters. The summed E-state index contributed by atoms with van der Waals surface area (Å²) >= 11 is 1.60. The first-order valence-corrected chi connectivity index (χ1v) is 7.87. The fourth-order valence-corrected chi connectivity index (χ4v) is 3.06. The number of hydrogen-bond acceptors (Lipinski definition) is 4. The summed E-state index contributed by atoms with van der Waals surface area (Å²) in [6, 6.07) is 11.9. The van der Waals surface area contributed by atoms with Gasteiger partial charge in [0, 0.05) is 11.4 Å². The second kappa shape index (κ2) is 7.38. The van der Waals surface area contributed by atoms with Crippen molar-refractivity contribution in [3.63, 3.8) is 0 Å². The normalized spacial score (nSPS) is 10.9. The molecule has 0 saturated carbocycles. The van der Waals surface area contributed by atoms with E-state index in [0.717, 1.165) is 29.2 Å². The molecule has 0 amide bonds. The van der Waals surface area contributed by atoms with E-state index in [4.69, 9.17) is 4.74 Å². The van der Waals surface area contributed by atoms with Gasteiger partial charge in [0.15, 0.2) is 5.78 Å². The number of likely N-dealkylation sites (N-methyl/N-ethyl adjacent to an activating group) is 1. The lowest BCUT2D eigenvalue weighted by Crippen LogP contribution is -2.25. The molecule has 0 fully saturated rings. The Bertz CT molecular complexity index is 606. The van der Waals surface area contributed by atoms with E-state index in [2.05, 4.69) is 6.92 Å². The van der Waals surface area contributed by atoms with Crippen LogP contribution in [-0.2, 0) is 13.0 Å². The SMILES string of the molecule is CCc1ccc(C(=O)CN(C)Cc2cccc(OC)c2)s1. The van der Waals surface area contributed by atoms with Crippen LogP contribution >= 0.6 is 11.3 Å². The van der Waals surface area contributed by atoms with Crippen LogP contribution in [0.4, 0.5) is 0 Å². The summed E-state index contributed by atoms with van der Waals surface area (Å²) in [5.41, 5.74) is 1.14. The molecule has 0 N–H and O–H groups in total. The average molecular weight is 303 g/mol. The summed E-state index contributed by atoms with van der Waals surface area (Å²) in [7, 11) is 3.63.